The molecule has 3 N–H and O–H groups in total. The van der Waals surface area contributed by atoms with E-state index in [0.29, 0.717) is 17.2 Å². The number of carbonyl (C=O) groups excluding carboxylic acids is 3. The summed E-state index contributed by atoms with van der Waals surface area (Å²) in [5.41, 5.74) is 6.52. The number of hydrogen-bond donors (Lipinski definition) is 2. The molecule has 0 fully saturated rings. The molecule has 3 rings (SSSR count). The molecule has 0 saturated carbocycles. The Balaban J connectivity index is 1.97. The molecular weight excluding hydrogens is 432 g/mol. The highest BCUT2D eigenvalue weighted by Crippen LogP contribution is 2.33. The van der Waals surface area contributed by atoms with Gasteiger partial charge >= 0.3 is 6.03 Å². The number of nitrogens with one attached hydrogen (secondary N) is 1. The van der Waals surface area contributed by atoms with Crippen molar-refractivity contribution in [3.63, 3.8) is 0 Å². The van der Waals surface area contributed by atoms with Crippen LogP contribution in [0.25, 0.3) is 6.08 Å². The van der Waals surface area contributed by atoms with Gasteiger partial charge in [0.25, 0.3) is 5.91 Å². The number of primary amides is 1. The second-order valence-corrected chi connectivity index (χ2v) is 7.96. The summed E-state index contributed by atoms with van der Waals surface area (Å²) >= 11 is 1.03. The molecule has 4 amide bonds. The maximum absolute atomic E-state index is 13.3. The number of amides is 4. The van der Waals surface area contributed by atoms with E-state index >= 15 is 0 Å². The Labute approximate surface area is 189 Å². The van der Waals surface area contributed by atoms with Crippen molar-refractivity contribution in [3.05, 3.63) is 59.8 Å². The molecule has 0 aliphatic carbocycles. The van der Waals surface area contributed by atoms with E-state index in [1.807, 2.05) is 5.32 Å². The fourth-order valence-electron chi connectivity index (χ4n) is 2.85. The summed E-state index contributed by atoms with van der Waals surface area (Å²) in [5, 5.41) is 1.59. The molecule has 0 spiro atoms. The van der Waals surface area contributed by atoms with E-state index in [1.54, 1.807) is 68.6 Å². The van der Waals surface area contributed by atoms with Crippen LogP contribution in [0.1, 0.15) is 12.5 Å². The van der Waals surface area contributed by atoms with Gasteiger partial charge in [0.05, 0.1) is 25.2 Å². The lowest BCUT2D eigenvalue weighted by molar-refractivity contribution is -0.119. The van der Waals surface area contributed by atoms with Crippen LogP contribution in [0.3, 0.4) is 0 Å². The van der Waals surface area contributed by atoms with Crippen LogP contribution < -0.4 is 25.4 Å². The van der Waals surface area contributed by atoms with Crippen molar-refractivity contribution in [1.29, 1.82) is 0 Å². The number of imide groups is 1. The number of nitrogens with zero attached hydrogens (tertiary/aromatic N) is 2. The van der Waals surface area contributed by atoms with Crippen molar-refractivity contribution < 1.29 is 23.9 Å². The van der Waals surface area contributed by atoms with Crippen LogP contribution in [0.2, 0.25) is 0 Å². The number of hydrogen-bond acceptors (Lipinski definition) is 7. The zero-order valence-electron chi connectivity index (χ0n) is 17.7. The van der Waals surface area contributed by atoms with Gasteiger partial charge in [-0.1, -0.05) is 30.0 Å². The van der Waals surface area contributed by atoms with E-state index in [0.717, 1.165) is 17.3 Å². The second-order valence-electron chi connectivity index (χ2n) is 6.65. The molecular formula is C22H22N4O5S. The fraction of sp³-hybridized carbons (Fsp3) is 0.182. The molecule has 1 aliphatic heterocycles. The molecule has 1 aliphatic rings. The number of anilines is 1. The number of methoxy groups -OCH3 is 2. The maximum Gasteiger partial charge on any atom is 0.318 e. The number of aliphatic imine (C=N–C) groups is 1. The summed E-state index contributed by atoms with van der Waals surface area (Å²) in [6.07, 6.45) is 1.65. The lowest BCUT2D eigenvalue weighted by atomic mass is 10.2. The Hall–Kier alpha value is -3.79. The minimum absolute atomic E-state index is 0.197. The summed E-state index contributed by atoms with van der Waals surface area (Å²) in [5.74, 6) is 0.304. The molecule has 0 radical (unpaired) electrons. The summed E-state index contributed by atoms with van der Waals surface area (Å²) in [6.45, 7) is 1.59. The number of ether oxygens (including phenoxy) is 2. The van der Waals surface area contributed by atoms with E-state index in [-0.39, 0.29) is 16.8 Å². The molecule has 1 heterocycles. The van der Waals surface area contributed by atoms with Crippen molar-refractivity contribution in [2.24, 2.45) is 10.7 Å². The first-order valence-electron chi connectivity index (χ1n) is 9.52. The third-order valence-corrected chi connectivity index (χ3v) is 5.51. The molecule has 32 heavy (non-hydrogen) atoms. The number of amidine groups is 1. The molecule has 0 aromatic heterocycles. The van der Waals surface area contributed by atoms with E-state index in [9.17, 15) is 14.4 Å². The van der Waals surface area contributed by atoms with Gasteiger partial charge in [0, 0.05) is 6.07 Å². The third kappa shape index (κ3) is 5.27. The Morgan fingerprint density at radius 2 is 1.81 bits per heavy atom. The van der Waals surface area contributed by atoms with Crippen LogP contribution in [-0.2, 0) is 9.59 Å². The average Bonchev–Trinajstić information content (AvgIpc) is 3.08. The Morgan fingerprint density at radius 3 is 2.44 bits per heavy atom. The average molecular weight is 455 g/mol. The lowest BCUT2D eigenvalue weighted by Gasteiger charge is -2.20. The van der Waals surface area contributed by atoms with E-state index in [4.69, 9.17) is 15.2 Å². The largest absolute Gasteiger partial charge is 0.497 e. The second kappa shape index (κ2) is 10.0. The molecule has 166 valence electrons. The number of nitrogens with two attached hydrogens (primary N) is 1. The number of urea groups is 1. The molecule has 10 heteroatoms. The highest BCUT2D eigenvalue weighted by Gasteiger charge is 2.34. The van der Waals surface area contributed by atoms with Crippen LogP contribution in [0.4, 0.5) is 10.5 Å². The molecule has 9 nitrogen and oxygen atoms in total. The number of thioether (sulfide) groups is 1. The molecule has 0 bridgehead atoms. The van der Waals surface area contributed by atoms with Crippen LogP contribution in [0.5, 0.6) is 11.5 Å². The third-order valence-electron chi connectivity index (χ3n) is 4.46. The van der Waals surface area contributed by atoms with Crippen LogP contribution in [-0.4, -0.2) is 42.5 Å². The molecule has 1 unspecified atom stereocenters. The number of carbonyl (C=O) groups is 3. The topological polar surface area (TPSA) is 123 Å². The molecule has 2 aromatic carbocycles. The summed E-state index contributed by atoms with van der Waals surface area (Å²) in [6, 6.07) is 13.2. The smallest absolute Gasteiger partial charge is 0.318 e. The first-order chi connectivity index (χ1) is 15.3. The number of rotatable bonds is 6. The van der Waals surface area contributed by atoms with Gasteiger partial charge in [-0.05, 0) is 42.8 Å². The van der Waals surface area contributed by atoms with Gasteiger partial charge in [-0.2, -0.15) is 0 Å². The van der Waals surface area contributed by atoms with Gasteiger partial charge < -0.3 is 15.2 Å². The van der Waals surface area contributed by atoms with Crippen molar-refractivity contribution in [2.45, 2.75) is 12.2 Å². The predicted molar refractivity (Wildman–Crippen MR) is 124 cm³/mol. The maximum atomic E-state index is 13.3. The van der Waals surface area contributed by atoms with Gasteiger partial charge in [0.1, 0.15) is 17.2 Å². The quantitative estimate of drug-likeness (QED) is 0.647. The molecule has 1 atom stereocenters. The first kappa shape index (κ1) is 22.9. The fourth-order valence-corrected chi connectivity index (χ4v) is 3.77. The van der Waals surface area contributed by atoms with Gasteiger partial charge in [-0.15, -0.1) is 0 Å². The molecule has 0 saturated heterocycles. The predicted octanol–water partition coefficient (Wildman–Crippen LogP) is 2.76. The van der Waals surface area contributed by atoms with Crippen molar-refractivity contribution >= 4 is 46.5 Å². The minimum Gasteiger partial charge on any atom is -0.497 e. The zero-order valence-corrected chi connectivity index (χ0v) is 18.5. The minimum atomic E-state index is -0.948. The zero-order chi connectivity index (χ0) is 23.3. The van der Waals surface area contributed by atoms with E-state index in [2.05, 4.69) is 4.99 Å². The van der Waals surface area contributed by atoms with Crippen LogP contribution in [0.15, 0.2) is 59.2 Å². The lowest BCUT2D eigenvalue weighted by Crippen LogP contribution is -2.41. The van der Waals surface area contributed by atoms with Gasteiger partial charge in [-0.3, -0.25) is 19.8 Å². The Morgan fingerprint density at radius 1 is 1.12 bits per heavy atom. The highest BCUT2D eigenvalue weighted by molar-refractivity contribution is 8.15. The van der Waals surface area contributed by atoms with Gasteiger partial charge in [0.15, 0.2) is 5.17 Å². The summed E-state index contributed by atoms with van der Waals surface area (Å²) in [7, 11) is 3.10. The molecule has 2 aromatic rings. The van der Waals surface area contributed by atoms with Crippen LogP contribution in [0, 0.1) is 0 Å². The summed E-state index contributed by atoms with van der Waals surface area (Å²) < 4.78 is 10.4. The van der Waals surface area contributed by atoms with Crippen molar-refractivity contribution in [3.8, 4) is 11.5 Å². The number of benzene rings is 2. The van der Waals surface area contributed by atoms with Gasteiger partial charge in [0.2, 0.25) is 5.91 Å². The summed E-state index contributed by atoms with van der Waals surface area (Å²) in [4.78, 5) is 42.3. The Kier molecular flexibility index (Phi) is 7.16. The first-order valence-corrected chi connectivity index (χ1v) is 10.4. The van der Waals surface area contributed by atoms with Gasteiger partial charge in [-0.25, -0.2) is 9.79 Å². The van der Waals surface area contributed by atoms with E-state index in [1.165, 1.54) is 12.0 Å². The standard InChI is InChI=1S/C22H22N4O5S/c1-13(19(27)25-21(23)29)32-22-24-18(11-14-7-9-16(30-2)10-8-14)20(28)26(22)15-5-4-6-17(12-15)31-3/h4-13H,1-3H3,(H3,23,25,27,29)/b18-11-. The highest BCUT2D eigenvalue weighted by atomic mass is 32.2. The van der Waals surface area contributed by atoms with E-state index < -0.39 is 17.2 Å². The van der Waals surface area contributed by atoms with Crippen molar-refractivity contribution in [1.82, 2.24) is 5.32 Å². The SMILES string of the molecule is COc1ccc(/C=C2\N=C(SC(C)C(=O)NC(N)=O)N(c3cccc(OC)c3)C2=O)cc1. The van der Waals surface area contributed by atoms with Crippen LogP contribution >= 0.6 is 11.8 Å². The normalized spacial score (nSPS) is 15.3. The monoisotopic (exact) mass is 454 g/mol. The Bertz CT molecular complexity index is 1100. The van der Waals surface area contributed by atoms with Crippen molar-refractivity contribution in [2.75, 3.05) is 19.1 Å².